The Morgan fingerprint density at radius 1 is 1.32 bits per heavy atom. The zero-order valence-corrected chi connectivity index (χ0v) is 13.2. The van der Waals surface area contributed by atoms with Crippen molar-refractivity contribution in [1.82, 2.24) is 15.5 Å². The van der Waals surface area contributed by atoms with E-state index in [1.54, 1.807) is 31.2 Å². The topological polar surface area (TPSA) is 78.5 Å². The van der Waals surface area contributed by atoms with E-state index in [1.165, 1.54) is 0 Å². The Morgan fingerprint density at radius 3 is 2.50 bits per heavy atom. The van der Waals surface area contributed by atoms with Crippen LogP contribution < -0.4 is 10.6 Å². The molecular formula is C15H18ClN3O3. The lowest BCUT2D eigenvalue weighted by Gasteiger charge is -2.19. The molecule has 2 N–H and O–H groups in total. The van der Waals surface area contributed by atoms with Crippen LogP contribution >= 0.6 is 11.6 Å². The minimum atomic E-state index is -0.923. The van der Waals surface area contributed by atoms with Crippen molar-refractivity contribution in [1.29, 1.82) is 0 Å². The standard InChI is InChI=1S/C15H18ClN3O3/c1-3-15(2)13(21)19(14(22)18-15)9-12(20)17-8-10-4-6-11(16)7-5-10/h4-7H,3,8-9H2,1-2H3,(H,17,20)(H,18,22)/t15-/m0/s1. The van der Waals surface area contributed by atoms with Crippen LogP contribution in [0.4, 0.5) is 4.79 Å². The third kappa shape index (κ3) is 3.39. The van der Waals surface area contributed by atoms with Gasteiger partial charge in [0.05, 0.1) is 0 Å². The number of urea groups is 1. The lowest BCUT2D eigenvalue weighted by molar-refractivity contribution is -0.134. The van der Waals surface area contributed by atoms with E-state index in [1.807, 2.05) is 6.92 Å². The quantitative estimate of drug-likeness (QED) is 0.809. The molecular weight excluding hydrogens is 306 g/mol. The average Bonchev–Trinajstić information content (AvgIpc) is 2.71. The van der Waals surface area contributed by atoms with Gasteiger partial charge in [0.25, 0.3) is 5.91 Å². The van der Waals surface area contributed by atoms with E-state index in [2.05, 4.69) is 10.6 Å². The van der Waals surface area contributed by atoms with Gasteiger partial charge >= 0.3 is 6.03 Å². The first-order valence-electron chi connectivity index (χ1n) is 7.01. The van der Waals surface area contributed by atoms with Crippen molar-refractivity contribution in [2.75, 3.05) is 6.54 Å². The summed E-state index contributed by atoms with van der Waals surface area (Å²) in [5.74, 6) is -0.763. The third-order valence-electron chi connectivity index (χ3n) is 3.76. The van der Waals surface area contributed by atoms with Crippen LogP contribution in [0.1, 0.15) is 25.8 Å². The van der Waals surface area contributed by atoms with E-state index in [9.17, 15) is 14.4 Å². The average molecular weight is 324 g/mol. The zero-order chi connectivity index (χ0) is 16.3. The lowest BCUT2D eigenvalue weighted by Crippen LogP contribution is -2.44. The van der Waals surface area contributed by atoms with Crippen LogP contribution in [0, 0.1) is 0 Å². The Kier molecular flexibility index (Phi) is 4.71. The fraction of sp³-hybridized carbons (Fsp3) is 0.400. The second kappa shape index (κ2) is 6.36. The molecule has 1 aromatic carbocycles. The smallest absolute Gasteiger partial charge is 0.325 e. The van der Waals surface area contributed by atoms with E-state index < -0.39 is 11.6 Å². The normalized spacial score (nSPS) is 21.0. The second-order valence-electron chi connectivity index (χ2n) is 5.41. The largest absolute Gasteiger partial charge is 0.350 e. The van der Waals surface area contributed by atoms with Crippen LogP contribution in [0.3, 0.4) is 0 Å². The summed E-state index contributed by atoms with van der Waals surface area (Å²) in [6.45, 7) is 3.49. The fourth-order valence-corrected chi connectivity index (χ4v) is 2.26. The highest BCUT2D eigenvalue weighted by atomic mass is 35.5. The molecule has 6 nitrogen and oxygen atoms in total. The molecule has 1 aliphatic heterocycles. The summed E-state index contributed by atoms with van der Waals surface area (Å²) in [7, 11) is 0. The molecule has 1 saturated heterocycles. The van der Waals surface area contributed by atoms with Gasteiger partial charge in [-0.25, -0.2) is 4.79 Å². The van der Waals surface area contributed by atoms with Gasteiger partial charge in [-0.05, 0) is 31.0 Å². The highest BCUT2D eigenvalue weighted by Gasteiger charge is 2.46. The molecule has 0 bridgehead atoms. The predicted molar refractivity (Wildman–Crippen MR) is 82.2 cm³/mol. The van der Waals surface area contributed by atoms with Crippen molar-refractivity contribution in [3.8, 4) is 0 Å². The molecule has 4 amide bonds. The van der Waals surface area contributed by atoms with Crippen molar-refractivity contribution >= 4 is 29.4 Å². The van der Waals surface area contributed by atoms with E-state index in [-0.39, 0.29) is 18.4 Å². The molecule has 1 aromatic rings. The molecule has 0 radical (unpaired) electrons. The summed E-state index contributed by atoms with van der Waals surface area (Å²) >= 11 is 5.78. The number of benzene rings is 1. The van der Waals surface area contributed by atoms with Crippen molar-refractivity contribution in [2.24, 2.45) is 0 Å². The van der Waals surface area contributed by atoms with Crippen molar-refractivity contribution in [3.63, 3.8) is 0 Å². The lowest BCUT2D eigenvalue weighted by atomic mass is 9.99. The van der Waals surface area contributed by atoms with Gasteiger partial charge in [-0.3, -0.25) is 14.5 Å². The number of amides is 4. The van der Waals surface area contributed by atoms with Crippen molar-refractivity contribution < 1.29 is 14.4 Å². The van der Waals surface area contributed by atoms with Gasteiger partial charge in [0.1, 0.15) is 12.1 Å². The maximum Gasteiger partial charge on any atom is 0.325 e. The van der Waals surface area contributed by atoms with Gasteiger partial charge in [0.15, 0.2) is 0 Å². The van der Waals surface area contributed by atoms with Gasteiger partial charge in [0, 0.05) is 11.6 Å². The highest BCUT2D eigenvalue weighted by molar-refractivity contribution is 6.30. The minimum absolute atomic E-state index is 0.284. The number of carbonyl (C=O) groups excluding carboxylic acids is 3. The monoisotopic (exact) mass is 323 g/mol. The summed E-state index contributed by atoms with van der Waals surface area (Å²) in [5, 5.41) is 5.90. The van der Waals surface area contributed by atoms with Crippen LogP contribution in [0.5, 0.6) is 0 Å². The van der Waals surface area contributed by atoms with E-state index in [0.717, 1.165) is 10.5 Å². The molecule has 1 aliphatic rings. The number of nitrogens with zero attached hydrogens (tertiary/aromatic N) is 1. The van der Waals surface area contributed by atoms with Gasteiger partial charge < -0.3 is 10.6 Å². The van der Waals surface area contributed by atoms with Crippen LogP contribution in [0.25, 0.3) is 0 Å². The van der Waals surface area contributed by atoms with Crippen molar-refractivity contribution in [3.05, 3.63) is 34.9 Å². The number of rotatable bonds is 5. The first kappa shape index (κ1) is 16.3. The molecule has 0 aliphatic carbocycles. The zero-order valence-electron chi connectivity index (χ0n) is 12.5. The van der Waals surface area contributed by atoms with Gasteiger partial charge in [-0.1, -0.05) is 30.7 Å². The van der Waals surface area contributed by atoms with Crippen LogP contribution in [0.15, 0.2) is 24.3 Å². The molecule has 2 rings (SSSR count). The molecule has 7 heteroatoms. The number of imide groups is 1. The van der Waals surface area contributed by atoms with E-state index in [4.69, 9.17) is 11.6 Å². The Bertz CT molecular complexity index is 603. The van der Waals surface area contributed by atoms with E-state index >= 15 is 0 Å². The summed E-state index contributed by atoms with van der Waals surface area (Å²) in [6.07, 6.45) is 0.473. The maximum absolute atomic E-state index is 12.2. The SMILES string of the molecule is CC[C@]1(C)NC(=O)N(CC(=O)NCc2ccc(Cl)cc2)C1=O. The minimum Gasteiger partial charge on any atom is -0.350 e. The summed E-state index contributed by atoms with van der Waals surface area (Å²) in [4.78, 5) is 36.8. The van der Waals surface area contributed by atoms with Crippen LogP contribution in [0.2, 0.25) is 5.02 Å². The molecule has 118 valence electrons. The number of carbonyl (C=O) groups is 3. The third-order valence-corrected chi connectivity index (χ3v) is 4.01. The summed E-state index contributed by atoms with van der Waals surface area (Å²) in [6, 6.07) is 6.52. The number of halogens is 1. The molecule has 0 aromatic heterocycles. The second-order valence-corrected chi connectivity index (χ2v) is 5.85. The molecule has 22 heavy (non-hydrogen) atoms. The Balaban J connectivity index is 1.91. The number of nitrogens with one attached hydrogen (secondary N) is 2. The summed E-state index contributed by atoms with van der Waals surface area (Å²) in [5.41, 5.74) is -0.0403. The molecule has 0 unspecified atom stereocenters. The first-order valence-corrected chi connectivity index (χ1v) is 7.39. The van der Waals surface area contributed by atoms with Gasteiger partial charge in [-0.15, -0.1) is 0 Å². The molecule has 1 fully saturated rings. The molecule has 0 saturated carbocycles. The van der Waals surface area contributed by atoms with Crippen LogP contribution in [-0.4, -0.2) is 34.8 Å². The molecule has 1 heterocycles. The Morgan fingerprint density at radius 2 is 1.95 bits per heavy atom. The van der Waals surface area contributed by atoms with E-state index in [0.29, 0.717) is 18.0 Å². The first-order chi connectivity index (χ1) is 10.4. The molecule has 0 spiro atoms. The van der Waals surface area contributed by atoms with Gasteiger partial charge in [-0.2, -0.15) is 0 Å². The van der Waals surface area contributed by atoms with Crippen molar-refractivity contribution in [2.45, 2.75) is 32.4 Å². The van der Waals surface area contributed by atoms with Crippen LogP contribution in [-0.2, 0) is 16.1 Å². The number of hydrogen-bond donors (Lipinski definition) is 2. The number of hydrogen-bond acceptors (Lipinski definition) is 3. The predicted octanol–water partition coefficient (Wildman–Crippen LogP) is 1.68. The highest BCUT2D eigenvalue weighted by Crippen LogP contribution is 2.20. The Hall–Kier alpha value is -2.08. The fourth-order valence-electron chi connectivity index (χ4n) is 2.13. The Labute approximate surface area is 133 Å². The molecule has 1 atom stereocenters. The maximum atomic E-state index is 12.2. The summed E-state index contributed by atoms with van der Waals surface area (Å²) < 4.78 is 0. The van der Waals surface area contributed by atoms with Gasteiger partial charge in [0.2, 0.25) is 5.91 Å².